The molecule has 0 fully saturated rings. The van der Waals surface area contributed by atoms with E-state index in [0.717, 1.165) is 5.69 Å². The number of carboxylic acids is 1. The molecule has 0 atom stereocenters. The van der Waals surface area contributed by atoms with Crippen LogP contribution in [0.25, 0.3) is 0 Å². The van der Waals surface area contributed by atoms with Gasteiger partial charge >= 0.3 is 29.6 Å². The number of aromatic nitrogens is 1. The predicted octanol–water partition coefficient (Wildman–Crippen LogP) is -0.490. The second-order valence-corrected chi connectivity index (χ2v) is 5.38. The average Bonchev–Trinajstić information content (AvgIpc) is 2.41. The van der Waals surface area contributed by atoms with Gasteiger partial charge in [0.1, 0.15) is 5.82 Å². The van der Waals surface area contributed by atoms with Crippen LogP contribution in [0.1, 0.15) is 19.4 Å². The molecule has 1 heterocycles. The van der Waals surface area contributed by atoms with Gasteiger partial charge in [-0.05, 0) is 30.3 Å². The molecular formula is C15H14ClN2NaO2. The number of halogens is 1. The molecule has 0 aliphatic carbocycles. The third kappa shape index (κ3) is 4.20. The van der Waals surface area contributed by atoms with Crippen LogP contribution >= 0.6 is 11.6 Å². The molecule has 1 N–H and O–H groups in total. The maximum Gasteiger partial charge on any atom is 1.00 e. The summed E-state index contributed by atoms with van der Waals surface area (Å²) < 4.78 is 0. The minimum Gasteiger partial charge on any atom is -0.549 e. The molecule has 2 aromatic rings. The quantitative estimate of drug-likeness (QED) is 0.774. The van der Waals surface area contributed by atoms with Gasteiger partial charge in [0.2, 0.25) is 0 Å². The third-order valence-corrected chi connectivity index (χ3v) is 3.35. The number of carbonyl (C=O) groups is 1. The van der Waals surface area contributed by atoms with Crippen LogP contribution in [0.2, 0.25) is 5.02 Å². The molecule has 0 bridgehead atoms. The Balaban J connectivity index is 0.00000220. The van der Waals surface area contributed by atoms with E-state index < -0.39 is 11.4 Å². The van der Waals surface area contributed by atoms with E-state index in [0.29, 0.717) is 16.4 Å². The maximum atomic E-state index is 11.3. The third-order valence-electron chi connectivity index (χ3n) is 3.10. The molecule has 0 saturated carbocycles. The van der Waals surface area contributed by atoms with Crippen LogP contribution < -0.4 is 40.0 Å². The van der Waals surface area contributed by atoms with Crippen molar-refractivity contribution in [1.29, 1.82) is 0 Å². The van der Waals surface area contributed by atoms with E-state index in [9.17, 15) is 9.90 Å². The number of nitrogens with one attached hydrogen (secondary N) is 1. The van der Waals surface area contributed by atoms with Crippen molar-refractivity contribution in [3.63, 3.8) is 0 Å². The summed E-state index contributed by atoms with van der Waals surface area (Å²) in [4.78, 5) is 15.5. The Morgan fingerprint density at radius 3 is 2.43 bits per heavy atom. The number of carbonyl (C=O) groups excluding carboxylic acids is 1. The van der Waals surface area contributed by atoms with Crippen LogP contribution in [0.4, 0.5) is 11.5 Å². The molecule has 0 spiro atoms. The van der Waals surface area contributed by atoms with E-state index in [4.69, 9.17) is 11.6 Å². The zero-order valence-electron chi connectivity index (χ0n) is 12.2. The van der Waals surface area contributed by atoms with Crippen LogP contribution in [0.3, 0.4) is 0 Å². The van der Waals surface area contributed by atoms with Gasteiger partial charge in [-0.1, -0.05) is 31.5 Å². The van der Waals surface area contributed by atoms with E-state index in [-0.39, 0.29) is 29.6 Å². The number of hydrogen-bond donors (Lipinski definition) is 1. The van der Waals surface area contributed by atoms with Crippen LogP contribution in [-0.2, 0) is 10.2 Å². The first-order chi connectivity index (χ1) is 9.41. The average molecular weight is 313 g/mol. The summed E-state index contributed by atoms with van der Waals surface area (Å²) in [5, 5.41) is 15.0. The van der Waals surface area contributed by atoms with Crippen LogP contribution in [0.15, 0.2) is 42.6 Å². The molecule has 1 aromatic carbocycles. The molecule has 0 aliphatic rings. The smallest absolute Gasteiger partial charge is 0.549 e. The number of nitrogens with zero attached hydrogens (tertiary/aromatic N) is 1. The molecule has 2 rings (SSSR count). The van der Waals surface area contributed by atoms with Gasteiger partial charge in [-0.3, -0.25) is 0 Å². The summed E-state index contributed by atoms with van der Waals surface area (Å²) in [6.07, 6.45) is 1.60. The summed E-state index contributed by atoms with van der Waals surface area (Å²) >= 11 is 5.83. The van der Waals surface area contributed by atoms with Crippen molar-refractivity contribution in [1.82, 2.24) is 4.98 Å². The number of aliphatic carboxylic acids is 1. The molecule has 0 saturated heterocycles. The number of hydrogen-bond acceptors (Lipinski definition) is 4. The van der Waals surface area contributed by atoms with Gasteiger partial charge in [0.25, 0.3) is 0 Å². The summed E-state index contributed by atoms with van der Waals surface area (Å²) in [5.74, 6) is -0.659. The van der Waals surface area contributed by atoms with Gasteiger partial charge in [0.05, 0.1) is 5.97 Å². The van der Waals surface area contributed by atoms with Crippen molar-refractivity contribution in [2.75, 3.05) is 5.32 Å². The maximum absolute atomic E-state index is 11.3. The number of rotatable bonds is 4. The van der Waals surface area contributed by atoms with Gasteiger partial charge in [-0.2, -0.15) is 0 Å². The van der Waals surface area contributed by atoms with E-state index in [1.54, 1.807) is 56.4 Å². The largest absolute Gasteiger partial charge is 1.00 e. The normalized spacial score (nSPS) is 10.6. The number of benzene rings is 1. The fraction of sp³-hybridized carbons (Fsp3) is 0.200. The molecule has 0 unspecified atom stereocenters. The van der Waals surface area contributed by atoms with Crippen molar-refractivity contribution >= 4 is 29.1 Å². The minimum absolute atomic E-state index is 0. The Kier molecular flexibility index (Phi) is 6.23. The molecule has 4 nitrogen and oxygen atoms in total. The molecule has 21 heavy (non-hydrogen) atoms. The molecule has 1 aromatic heterocycles. The Bertz CT molecular complexity index is 630. The van der Waals surface area contributed by atoms with Gasteiger partial charge < -0.3 is 15.2 Å². The molecular weight excluding hydrogens is 299 g/mol. The fourth-order valence-electron chi connectivity index (χ4n) is 1.79. The second-order valence-electron chi connectivity index (χ2n) is 4.94. The minimum atomic E-state index is -1.15. The van der Waals surface area contributed by atoms with Crippen LogP contribution in [0.5, 0.6) is 0 Å². The monoisotopic (exact) mass is 312 g/mol. The van der Waals surface area contributed by atoms with E-state index in [1.807, 2.05) is 0 Å². The first-order valence-corrected chi connectivity index (χ1v) is 6.48. The van der Waals surface area contributed by atoms with Gasteiger partial charge in [0.15, 0.2) is 0 Å². The van der Waals surface area contributed by atoms with Crippen molar-refractivity contribution in [2.24, 2.45) is 0 Å². The van der Waals surface area contributed by atoms with Crippen molar-refractivity contribution in [2.45, 2.75) is 19.3 Å². The van der Waals surface area contributed by atoms with Crippen molar-refractivity contribution in [3.05, 3.63) is 53.2 Å². The molecule has 104 valence electrons. The van der Waals surface area contributed by atoms with Crippen molar-refractivity contribution in [3.8, 4) is 0 Å². The number of carboxylic acid groups (broad SMARTS) is 1. The predicted molar refractivity (Wildman–Crippen MR) is 77.0 cm³/mol. The molecule has 0 radical (unpaired) electrons. The Morgan fingerprint density at radius 2 is 1.86 bits per heavy atom. The zero-order valence-corrected chi connectivity index (χ0v) is 14.9. The van der Waals surface area contributed by atoms with Crippen LogP contribution in [0, 0.1) is 0 Å². The summed E-state index contributed by atoms with van der Waals surface area (Å²) in [5.41, 5.74) is 0.210. The Hall–Kier alpha value is -1.07. The van der Waals surface area contributed by atoms with Crippen LogP contribution in [-0.4, -0.2) is 11.0 Å². The molecule has 0 aliphatic heterocycles. The first-order valence-electron chi connectivity index (χ1n) is 6.11. The summed E-state index contributed by atoms with van der Waals surface area (Å²) in [7, 11) is 0. The Labute approximate surface area is 150 Å². The summed E-state index contributed by atoms with van der Waals surface area (Å²) in [6.45, 7) is 3.18. The van der Waals surface area contributed by atoms with Gasteiger partial charge in [0, 0.05) is 27.9 Å². The first kappa shape index (κ1) is 18.0. The van der Waals surface area contributed by atoms with E-state index in [1.165, 1.54) is 0 Å². The standard InChI is InChI=1S/C15H15ClN2O2.Na/c1-15(2,14(19)20)12-4-3-9-17-13(12)18-11-7-5-10(16)6-8-11;/h3-9H,1-2H3,(H,17,18)(H,19,20);/q;+1/p-1. The van der Waals surface area contributed by atoms with E-state index in [2.05, 4.69) is 10.3 Å². The number of anilines is 2. The van der Waals surface area contributed by atoms with E-state index >= 15 is 0 Å². The Morgan fingerprint density at radius 1 is 1.24 bits per heavy atom. The van der Waals surface area contributed by atoms with Gasteiger partial charge in [-0.25, -0.2) is 4.98 Å². The second kappa shape index (κ2) is 7.27. The topological polar surface area (TPSA) is 65.0 Å². The molecule has 0 amide bonds. The number of pyridine rings is 1. The zero-order chi connectivity index (χ0) is 14.8. The fourth-order valence-corrected chi connectivity index (χ4v) is 1.92. The van der Waals surface area contributed by atoms with Crippen molar-refractivity contribution < 1.29 is 39.5 Å². The van der Waals surface area contributed by atoms with Gasteiger partial charge in [-0.15, -0.1) is 0 Å². The summed E-state index contributed by atoms with van der Waals surface area (Å²) in [6, 6.07) is 10.5. The SMILES string of the molecule is CC(C)(C(=O)[O-])c1cccnc1Nc1ccc(Cl)cc1.[Na+]. The molecule has 6 heteroatoms.